The molecule has 1 aromatic carbocycles. The number of methoxy groups -OCH3 is 1. The number of alkyl halides is 4. The number of amides is 4. The quantitative estimate of drug-likeness (QED) is 0.322. The second-order valence-electron chi connectivity index (χ2n) is 16.5. The Labute approximate surface area is 326 Å². The standard InChI is InChI=1S/C38H45F4N5O9S/c1-35(2,3)56-34(51)44-26-11-9-7-5-6-8-10-21-17-37(21,33(50)47-14-15-57(47,52)53)45-31(48)27-19-36(20-46(27)32(26)49)18-24(39)28-23-16-22(54-4)12-13-25(23)43-30(29(28)55-36)38(40,41)42/h8,10,12-13,16,21,24,26-27H,5-7,9,11,14-15,17-20H2,1-4H3,(H,44,51)(H,45,48). The molecule has 1 aromatic heterocycles. The van der Waals surface area contributed by atoms with Crippen molar-refractivity contribution >= 4 is 44.7 Å². The molecule has 6 unspecified atom stereocenters. The number of benzene rings is 1. The van der Waals surface area contributed by atoms with Gasteiger partial charge in [-0.2, -0.15) is 13.2 Å². The van der Waals surface area contributed by atoms with Crippen LogP contribution < -0.4 is 20.1 Å². The number of fused-ring (bicyclic) bond motifs is 5. The maximum absolute atomic E-state index is 16.7. The van der Waals surface area contributed by atoms with Crippen LogP contribution >= 0.6 is 0 Å². The Hall–Kier alpha value is -4.68. The highest BCUT2D eigenvalue weighted by atomic mass is 32.2. The summed E-state index contributed by atoms with van der Waals surface area (Å²) >= 11 is 0. The van der Waals surface area contributed by atoms with Crippen LogP contribution in [-0.2, 0) is 35.3 Å². The summed E-state index contributed by atoms with van der Waals surface area (Å²) in [4.78, 5) is 61.0. The largest absolute Gasteiger partial charge is 0.497 e. The number of allylic oxidation sites excluding steroid dienone is 1. The van der Waals surface area contributed by atoms with Crippen molar-refractivity contribution in [3.63, 3.8) is 0 Å². The lowest BCUT2D eigenvalue weighted by Crippen LogP contribution is -2.62. The van der Waals surface area contributed by atoms with Crippen LogP contribution in [-0.4, -0.2) is 101 Å². The van der Waals surface area contributed by atoms with Gasteiger partial charge in [-0.05, 0) is 64.7 Å². The minimum atomic E-state index is -5.10. The molecule has 1 saturated carbocycles. The highest BCUT2D eigenvalue weighted by Crippen LogP contribution is 2.54. The van der Waals surface area contributed by atoms with Gasteiger partial charge in [-0.15, -0.1) is 0 Å². The van der Waals surface area contributed by atoms with E-state index in [2.05, 4.69) is 15.6 Å². The Morgan fingerprint density at radius 3 is 2.49 bits per heavy atom. The average molecular weight is 824 g/mol. The molecule has 5 heterocycles. The molecule has 3 fully saturated rings. The van der Waals surface area contributed by atoms with Gasteiger partial charge in [0.25, 0.3) is 5.91 Å². The van der Waals surface area contributed by atoms with Crippen molar-refractivity contribution in [1.29, 1.82) is 0 Å². The van der Waals surface area contributed by atoms with Crippen molar-refractivity contribution in [2.24, 2.45) is 5.92 Å². The van der Waals surface area contributed by atoms with Gasteiger partial charge in [0, 0.05) is 29.7 Å². The van der Waals surface area contributed by atoms with Crippen LogP contribution in [0.3, 0.4) is 0 Å². The number of hydrogen-bond donors (Lipinski definition) is 2. The van der Waals surface area contributed by atoms with Crippen LogP contribution in [0.15, 0.2) is 30.4 Å². The molecular weight excluding hydrogens is 779 g/mol. The summed E-state index contributed by atoms with van der Waals surface area (Å²) in [5.74, 6) is -4.05. The van der Waals surface area contributed by atoms with E-state index in [1.807, 2.05) is 6.08 Å². The topological polar surface area (TPSA) is 174 Å². The first-order chi connectivity index (χ1) is 26.7. The number of nitrogens with one attached hydrogen (secondary N) is 2. The summed E-state index contributed by atoms with van der Waals surface area (Å²) in [5, 5.41) is 5.34. The molecule has 2 N–H and O–H groups in total. The van der Waals surface area contributed by atoms with E-state index in [0.29, 0.717) is 30.0 Å². The molecule has 14 nitrogen and oxygen atoms in total. The third-order valence-corrected chi connectivity index (χ3v) is 12.9. The van der Waals surface area contributed by atoms with E-state index < -0.39 is 117 Å². The highest BCUT2D eigenvalue weighted by molar-refractivity contribution is 7.90. The number of sulfonamides is 1. The fraction of sp³-hybridized carbons (Fsp3) is 0.605. The first-order valence-electron chi connectivity index (χ1n) is 18.9. The lowest BCUT2D eigenvalue weighted by atomic mass is 9.85. The zero-order chi connectivity index (χ0) is 41.3. The van der Waals surface area contributed by atoms with Crippen LogP contribution in [0.4, 0.5) is 22.4 Å². The van der Waals surface area contributed by atoms with E-state index in [1.165, 1.54) is 25.3 Å². The molecule has 4 amide bonds. The molecule has 5 aliphatic rings. The Kier molecular flexibility index (Phi) is 10.2. The molecule has 2 saturated heterocycles. The molecule has 2 aromatic rings. The number of ether oxygens (including phenoxy) is 3. The highest BCUT2D eigenvalue weighted by Gasteiger charge is 2.65. The Morgan fingerprint density at radius 1 is 1.09 bits per heavy atom. The summed E-state index contributed by atoms with van der Waals surface area (Å²) in [6.45, 7) is 4.24. The molecule has 1 aliphatic carbocycles. The van der Waals surface area contributed by atoms with Gasteiger partial charge in [-0.25, -0.2) is 26.9 Å². The van der Waals surface area contributed by atoms with Crippen molar-refractivity contribution in [3.8, 4) is 11.5 Å². The minimum absolute atomic E-state index is 0.0252. The summed E-state index contributed by atoms with van der Waals surface area (Å²) in [6.07, 6.45) is -3.14. The Balaban J connectivity index is 1.30. The fourth-order valence-corrected chi connectivity index (χ4v) is 9.39. The van der Waals surface area contributed by atoms with E-state index in [-0.39, 0.29) is 41.8 Å². The molecular formula is C38H45F4N5O9S. The minimum Gasteiger partial charge on any atom is -0.497 e. The van der Waals surface area contributed by atoms with Crippen molar-refractivity contribution in [2.45, 2.75) is 113 Å². The molecule has 19 heteroatoms. The maximum Gasteiger partial charge on any atom is 0.437 e. The van der Waals surface area contributed by atoms with Crippen LogP contribution in [0, 0.1) is 5.92 Å². The maximum atomic E-state index is 16.7. The van der Waals surface area contributed by atoms with E-state index in [4.69, 9.17) is 14.2 Å². The number of carbonyl (C=O) groups is 4. The van der Waals surface area contributed by atoms with E-state index in [0.717, 1.165) is 4.90 Å². The number of carbonyl (C=O) groups excluding carboxylic acids is 4. The number of hydrogen-bond acceptors (Lipinski definition) is 10. The second kappa shape index (κ2) is 14.3. The lowest BCUT2D eigenvalue weighted by Gasteiger charge is -2.38. The van der Waals surface area contributed by atoms with Gasteiger partial charge in [-0.1, -0.05) is 25.0 Å². The van der Waals surface area contributed by atoms with Crippen molar-refractivity contribution in [3.05, 3.63) is 41.6 Å². The number of alkyl carbamates (subject to hydrolysis) is 1. The predicted molar refractivity (Wildman–Crippen MR) is 195 cm³/mol. The number of nitrogens with zero attached hydrogens (tertiary/aromatic N) is 3. The van der Waals surface area contributed by atoms with E-state index in [1.54, 1.807) is 26.8 Å². The first kappa shape index (κ1) is 40.5. The Morgan fingerprint density at radius 2 is 1.84 bits per heavy atom. The Bertz CT molecular complexity index is 2140. The van der Waals surface area contributed by atoms with Crippen molar-refractivity contribution in [1.82, 2.24) is 24.8 Å². The van der Waals surface area contributed by atoms with Gasteiger partial charge >= 0.3 is 12.3 Å². The van der Waals surface area contributed by atoms with Crippen LogP contribution in [0.1, 0.15) is 89.6 Å². The molecule has 4 aliphatic heterocycles. The molecule has 6 atom stereocenters. The molecule has 57 heavy (non-hydrogen) atoms. The van der Waals surface area contributed by atoms with Gasteiger partial charge in [0.1, 0.15) is 40.7 Å². The zero-order valence-electron chi connectivity index (χ0n) is 31.9. The van der Waals surface area contributed by atoms with Gasteiger partial charge in [0.2, 0.25) is 21.8 Å². The molecule has 0 radical (unpaired) electrons. The summed E-state index contributed by atoms with van der Waals surface area (Å²) < 4.78 is 104. The molecule has 310 valence electrons. The third kappa shape index (κ3) is 7.70. The van der Waals surface area contributed by atoms with E-state index >= 15 is 4.39 Å². The third-order valence-electron chi connectivity index (χ3n) is 11.2. The lowest BCUT2D eigenvalue weighted by molar-refractivity contribution is -0.145. The van der Waals surface area contributed by atoms with E-state index in [9.17, 15) is 40.8 Å². The van der Waals surface area contributed by atoms with Crippen LogP contribution in [0.25, 0.3) is 10.9 Å². The second-order valence-corrected chi connectivity index (χ2v) is 18.5. The normalized spacial score (nSPS) is 30.1. The molecule has 0 bridgehead atoms. The SMILES string of the molecule is COc1ccc2nc(C(F)(F)F)c3c(c2c1)C(F)CC1(CC2C(=O)NC4(C(=O)N5CCS5(=O)=O)CC4C=CCCCCCC(NC(=O)OC(C)(C)C)C(=O)N2C1)O3. The smallest absolute Gasteiger partial charge is 0.437 e. The number of halogens is 4. The number of rotatable bonds is 3. The van der Waals surface area contributed by atoms with Crippen LogP contribution in [0.2, 0.25) is 0 Å². The number of aromatic nitrogens is 1. The van der Waals surface area contributed by atoms with Gasteiger partial charge in [-0.3, -0.25) is 14.4 Å². The summed E-state index contributed by atoms with van der Waals surface area (Å²) in [7, 11) is -2.55. The van der Waals surface area contributed by atoms with Crippen LogP contribution in [0.5, 0.6) is 11.5 Å². The van der Waals surface area contributed by atoms with Gasteiger partial charge in [0.05, 0.1) is 31.5 Å². The number of pyridine rings is 1. The summed E-state index contributed by atoms with van der Waals surface area (Å²) in [5.41, 5.74) is -6.59. The first-order valence-corrected chi connectivity index (χ1v) is 20.5. The zero-order valence-corrected chi connectivity index (χ0v) is 32.7. The van der Waals surface area contributed by atoms with Crippen molar-refractivity contribution < 1.29 is 59.4 Å². The van der Waals surface area contributed by atoms with Gasteiger partial charge in [0.15, 0.2) is 11.4 Å². The molecule has 1 spiro atoms. The molecule has 7 rings (SSSR count). The average Bonchev–Trinajstić information content (AvgIpc) is 3.69. The fourth-order valence-electron chi connectivity index (χ4n) is 8.31. The predicted octanol–water partition coefficient (Wildman–Crippen LogP) is 4.86. The summed E-state index contributed by atoms with van der Waals surface area (Å²) in [6, 6.07) is 1.19. The van der Waals surface area contributed by atoms with Gasteiger partial charge < -0.3 is 29.7 Å². The monoisotopic (exact) mass is 823 g/mol. The van der Waals surface area contributed by atoms with Crippen molar-refractivity contribution in [2.75, 3.05) is 26.0 Å².